The summed E-state index contributed by atoms with van der Waals surface area (Å²) in [6.07, 6.45) is 3.48. The maximum Gasteiger partial charge on any atom is 0.250 e. The summed E-state index contributed by atoms with van der Waals surface area (Å²) in [5.41, 5.74) is 0.988. The molecule has 0 spiro atoms. The van der Waals surface area contributed by atoms with E-state index in [4.69, 9.17) is 0 Å². The Bertz CT molecular complexity index is 650. The maximum absolute atomic E-state index is 12.3. The van der Waals surface area contributed by atoms with Gasteiger partial charge in [-0.25, -0.2) is 13.1 Å². The highest BCUT2D eigenvalue weighted by Gasteiger charge is 2.19. The van der Waals surface area contributed by atoms with E-state index < -0.39 is 10.0 Å². The number of hydrogen-bond acceptors (Lipinski definition) is 5. The van der Waals surface area contributed by atoms with Gasteiger partial charge in [0.25, 0.3) is 0 Å². The van der Waals surface area contributed by atoms with E-state index in [1.54, 1.807) is 16.9 Å². The Kier molecular flexibility index (Phi) is 5.51. The van der Waals surface area contributed by atoms with Crippen LogP contribution in [0.4, 0.5) is 0 Å². The fourth-order valence-corrected chi connectivity index (χ4v) is 4.37. The molecule has 8 heteroatoms. The average molecular weight is 328 g/mol. The first-order chi connectivity index (χ1) is 10.0. The molecule has 0 aliphatic rings. The summed E-state index contributed by atoms with van der Waals surface area (Å²) in [6.45, 7) is 5.89. The number of nitrogens with zero attached hydrogens (tertiary/aromatic N) is 2. The lowest BCUT2D eigenvalue weighted by molar-refractivity contribution is 0.494. The van der Waals surface area contributed by atoms with Gasteiger partial charge in [0.05, 0.1) is 6.54 Å². The van der Waals surface area contributed by atoms with Gasteiger partial charge in [-0.15, -0.1) is 11.3 Å². The molecule has 2 aromatic rings. The Hall–Kier alpha value is -1.22. The van der Waals surface area contributed by atoms with Crippen molar-refractivity contribution in [2.24, 2.45) is 0 Å². The topological polar surface area (TPSA) is 76.0 Å². The van der Waals surface area contributed by atoms with Crippen molar-refractivity contribution in [3.63, 3.8) is 0 Å². The second kappa shape index (κ2) is 7.17. The van der Waals surface area contributed by atoms with E-state index in [2.05, 4.69) is 15.1 Å². The van der Waals surface area contributed by atoms with Gasteiger partial charge in [-0.2, -0.15) is 5.10 Å². The molecule has 116 valence electrons. The van der Waals surface area contributed by atoms with E-state index in [1.807, 2.05) is 31.5 Å². The van der Waals surface area contributed by atoms with Crippen LogP contribution in [0.5, 0.6) is 0 Å². The first kappa shape index (κ1) is 16.2. The molecule has 0 amide bonds. The van der Waals surface area contributed by atoms with Gasteiger partial charge in [-0.3, -0.25) is 4.68 Å². The minimum Gasteiger partial charge on any atom is -0.313 e. The molecule has 0 fully saturated rings. The van der Waals surface area contributed by atoms with Crippen molar-refractivity contribution in [2.75, 3.05) is 6.54 Å². The molecule has 2 N–H and O–H groups in total. The Labute approximate surface area is 129 Å². The van der Waals surface area contributed by atoms with Crippen molar-refractivity contribution in [1.82, 2.24) is 19.8 Å². The second-order valence-electron chi connectivity index (χ2n) is 4.80. The molecular formula is C13H20N4O2S2. The fraction of sp³-hybridized carbons (Fsp3) is 0.462. The molecule has 0 aliphatic heterocycles. The molecule has 21 heavy (non-hydrogen) atoms. The Morgan fingerprint density at radius 3 is 2.95 bits per heavy atom. The van der Waals surface area contributed by atoms with E-state index in [0.717, 1.165) is 12.1 Å². The van der Waals surface area contributed by atoms with Gasteiger partial charge in [-0.1, -0.05) is 6.92 Å². The quantitative estimate of drug-likeness (QED) is 0.768. The van der Waals surface area contributed by atoms with Gasteiger partial charge >= 0.3 is 0 Å². The minimum absolute atomic E-state index is 0.228. The Morgan fingerprint density at radius 1 is 1.48 bits per heavy atom. The molecule has 1 atom stereocenters. The van der Waals surface area contributed by atoms with Gasteiger partial charge < -0.3 is 5.32 Å². The lowest BCUT2D eigenvalue weighted by Crippen LogP contribution is -2.35. The monoisotopic (exact) mass is 328 g/mol. The van der Waals surface area contributed by atoms with Gasteiger partial charge in [0.1, 0.15) is 4.21 Å². The van der Waals surface area contributed by atoms with Gasteiger partial charge in [0, 0.05) is 25.0 Å². The molecule has 0 aliphatic carbocycles. The van der Waals surface area contributed by atoms with Gasteiger partial charge in [0.15, 0.2) is 0 Å². The molecule has 0 bridgehead atoms. The van der Waals surface area contributed by atoms with Crippen LogP contribution >= 0.6 is 11.3 Å². The minimum atomic E-state index is -3.47. The first-order valence-corrected chi connectivity index (χ1v) is 9.15. The molecule has 2 aromatic heterocycles. The summed E-state index contributed by atoms with van der Waals surface area (Å²) in [7, 11) is -3.47. The van der Waals surface area contributed by atoms with Crippen LogP contribution in [-0.4, -0.2) is 30.8 Å². The van der Waals surface area contributed by atoms with Crippen molar-refractivity contribution in [3.05, 3.63) is 35.5 Å². The molecule has 6 nitrogen and oxygen atoms in total. The Morgan fingerprint density at radius 2 is 2.29 bits per heavy atom. The zero-order valence-electron chi connectivity index (χ0n) is 12.1. The molecule has 2 rings (SSSR count). The van der Waals surface area contributed by atoms with E-state index in [1.165, 1.54) is 11.3 Å². The van der Waals surface area contributed by atoms with Crippen molar-refractivity contribution in [3.8, 4) is 0 Å². The third-order valence-electron chi connectivity index (χ3n) is 2.85. The van der Waals surface area contributed by atoms with Gasteiger partial charge in [-0.05, 0) is 36.5 Å². The molecule has 0 aromatic carbocycles. The number of hydrogen-bond donors (Lipinski definition) is 2. The lowest BCUT2D eigenvalue weighted by Gasteiger charge is -2.13. The third kappa shape index (κ3) is 4.63. The van der Waals surface area contributed by atoms with Crippen LogP contribution in [0.15, 0.2) is 34.1 Å². The predicted octanol–water partition coefficient (Wildman–Crippen LogP) is 1.42. The summed E-state index contributed by atoms with van der Waals surface area (Å²) in [6, 6.07) is 3.30. The number of thiophene rings is 1. The van der Waals surface area contributed by atoms with Crippen LogP contribution in [0.2, 0.25) is 0 Å². The number of sulfonamides is 1. The number of nitrogens with one attached hydrogen (secondary N) is 2. The highest BCUT2D eigenvalue weighted by molar-refractivity contribution is 7.91. The van der Waals surface area contributed by atoms with Crippen LogP contribution in [0.3, 0.4) is 0 Å². The molecule has 2 heterocycles. The summed E-state index contributed by atoms with van der Waals surface area (Å²) >= 11 is 1.24. The fourth-order valence-electron chi connectivity index (χ4n) is 1.91. The highest BCUT2D eigenvalue weighted by atomic mass is 32.2. The van der Waals surface area contributed by atoms with Crippen molar-refractivity contribution >= 4 is 21.4 Å². The van der Waals surface area contributed by atoms with E-state index >= 15 is 0 Å². The normalized spacial score (nSPS) is 13.4. The standard InChI is InChI=1S/C13H20N4O2S2/c1-3-14-8-12-7-13(20-10-12)21(18,19)16-11(2)9-17-6-4-5-15-17/h4-7,10-11,14,16H,3,8-9H2,1-2H3. The average Bonchev–Trinajstić information content (AvgIpc) is 3.06. The smallest absolute Gasteiger partial charge is 0.250 e. The van der Waals surface area contributed by atoms with Crippen LogP contribution in [-0.2, 0) is 23.1 Å². The van der Waals surface area contributed by atoms with Crippen LogP contribution in [0.1, 0.15) is 19.4 Å². The summed E-state index contributed by atoms with van der Waals surface area (Å²) < 4.78 is 29.4. The number of aromatic nitrogens is 2. The highest BCUT2D eigenvalue weighted by Crippen LogP contribution is 2.20. The summed E-state index contributed by atoms with van der Waals surface area (Å²) in [5, 5.41) is 9.12. The van der Waals surface area contributed by atoms with Crippen LogP contribution < -0.4 is 10.0 Å². The second-order valence-corrected chi connectivity index (χ2v) is 7.66. The van der Waals surface area contributed by atoms with Gasteiger partial charge in [0.2, 0.25) is 10.0 Å². The van der Waals surface area contributed by atoms with Crippen molar-refractivity contribution < 1.29 is 8.42 Å². The number of rotatable bonds is 8. The molecule has 1 unspecified atom stereocenters. The zero-order valence-corrected chi connectivity index (χ0v) is 13.7. The maximum atomic E-state index is 12.3. The van der Waals surface area contributed by atoms with Crippen LogP contribution in [0, 0.1) is 0 Å². The molecule has 0 saturated heterocycles. The third-order valence-corrected chi connectivity index (χ3v) is 5.93. The van der Waals surface area contributed by atoms with Crippen LogP contribution in [0.25, 0.3) is 0 Å². The molecule has 0 radical (unpaired) electrons. The zero-order chi connectivity index (χ0) is 15.3. The lowest BCUT2D eigenvalue weighted by atomic mass is 10.3. The van der Waals surface area contributed by atoms with Crippen molar-refractivity contribution in [1.29, 1.82) is 0 Å². The summed E-state index contributed by atoms with van der Waals surface area (Å²) in [4.78, 5) is 0. The van der Waals surface area contributed by atoms with E-state index in [0.29, 0.717) is 17.3 Å². The van der Waals surface area contributed by atoms with E-state index in [9.17, 15) is 8.42 Å². The largest absolute Gasteiger partial charge is 0.313 e. The molecular weight excluding hydrogens is 308 g/mol. The van der Waals surface area contributed by atoms with Crippen molar-refractivity contribution in [2.45, 2.75) is 37.2 Å². The predicted molar refractivity (Wildman–Crippen MR) is 83.7 cm³/mol. The SMILES string of the molecule is CCNCc1csc(S(=O)(=O)NC(C)Cn2cccn2)c1. The first-order valence-electron chi connectivity index (χ1n) is 6.79. The molecule has 0 saturated carbocycles. The van der Waals surface area contributed by atoms with E-state index in [-0.39, 0.29) is 6.04 Å². The summed E-state index contributed by atoms with van der Waals surface area (Å²) in [5.74, 6) is 0. The Balaban J connectivity index is 1.98.